The van der Waals surface area contributed by atoms with Crippen LogP contribution in [0.3, 0.4) is 0 Å². The van der Waals surface area contributed by atoms with E-state index >= 15 is 0 Å². The Morgan fingerprint density at radius 2 is 0.775 bits per heavy atom. The number of amides is 1. The average molecular weight is 1260 g/mol. The standard InChI is InChI=1S/C70H119NO18/c1-3-5-7-9-11-13-15-17-19-21-23-24-25-26-27-28-30-32-34-36-38-40-42-44-46-48-58(76)71-53(54(75)47-45-43-41-39-37-35-33-31-29-22-20-18-16-14-12-10-8-6-4-2)52-84-68-64(82)61(79)66(56(50-73)86-68)89-70-65(83)62(80)67(57(51-74)87-70)88-69-63(81)60(78)59(77)55(49-72)85-69/h5,7,11,13,17,19,23-24,26-27,30,32,36,38,45,47,53-57,59-70,72-75,77-83H,3-4,6,8-10,12,14-16,18,20-22,25,28-29,31,33-35,37,39-44,46,48-52H2,1-2H3,(H,71,76)/b7-5-,13-11-,19-17-,24-23-,27-26-,32-30-,38-36-,47-45+. The Bertz CT molecular complexity index is 1990. The molecule has 3 rings (SSSR count). The van der Waals surface area contributed by atoms with Gasteiger partial charge in [0.05, 0.1) is 38.6 Å². The average Bonchev–Trinajstić information content (AvgIpc) is 2.44. The van der Waals surface area contributed by atoms with Crippen molar-refractivity contribution in [2.45, 2.75) is 311 Å². The quantitative estimate of drug-likeness (QED) is 0.0201. The van der Waals surface area contributed by atoms with Crippen LogP contribution < -0.4 is 5.32 Å². The Morgan fingerprint density at radius 3 is 1.21 bits per heavy atom. The van der Waals surface area contributed by atoms with Gasteiger partial charge in [-0.1, -0.05) is 220 Å². The molecule has 0 saturated carbocycles. The predicted molar refractivity (Wildman–Crippen MR) is 346 cm³/mol. The number of rotatable bonds is 50. The van der Waals surface area contributed by atoms with E-state index in [0.29, 0.717) is 6.42 Å². The van der Waals surface area contributed by atoms with Gasteiger partial charge in [0.1, 0.15) is 73.2 Å². The van der Waals surface area contributed by atoms with Crippen LogP contribution in [-0.4, -0.2) is 193 Å². The van der Waals surface area contributed by atoms with Crippen molar-refractivity contribution in [1.82, 2.24) is 5.32 Å². The summed E-state index contributed by atoms with van der Waals surface area (Å²) in [5.74, 6) is -0.311. The number of aliphatic hydroxyl groups is 11. The molecule has 0 radical (unpaired) electrons. The van der Waals surface area contributed by atoms with Gasteiger partial charge < -0.3 is 89.9 Å². The summed E-state index contributed by atoms with van der Waals surface area (Å²) in [7, 11) is 0. The van der Waals surface area contributed by atoms with Gasteiger partial charge in [-0.15, -0.1) is 0 Å². The molecule has 1 amide bonds. The van der Waals surface area contributed by atoms with Gasteiger partial charge in [-0.2, -0.15) is 0 Å². The van der Waals surface area contributed by atoms with Gasteiger partial charge >= 0.3 is 0 Å². The number of aliphatic hydroxyl groups excluding tert-OH is 11. The molecule has 0 aromatic carbocycles. The third-order valence-corrected chi connectivity index (χ3v) is 16.4. The lowest BCUT2D eigenvalue weighted by Gasteiger charge is -2.48. The molecule has 0 bridgehead atoms. The van der Waals surface area contributed by atoms with Crippen LogP contribution in [0.1, 0.15) is 206 Å². The van der Waals surface area contributed by atoms with E-state index in [1.165, 1.54) is 89.9 Å². The van der Waals surface area contributed by atoms with Crippen molar-refractivity contribution in [2.75, 3.05) is 26.4 Å². The normalized spacial score (nSPS) is 28.8. The van der Waals surface area contributed by atoms with Crippen LogP contribution in [0, 0.1) is 0 Å². The van der Waals surface area contributed by atoms with E-state index in [4.69, 9.17) is 28.4 Å². The minimum atomic E-state index is -1.99. The number of ether oxygens (including phenoxy) is 6. The smallest absolute Gasteiger partial charge is 0.220 e. The Hall–Kier alpha value is -3.29. The van der Waals surface area contributed by atoms with Crippen LogP contribution in [0.25, 0.3) is 0 Å². The molecule has 3 heterocycles. The lowest BCUT2D eigenvalue weighted by molar-refractivity contribution is -0.379. The van der Waals surface area contributed by atoms with E-state index < -0.39 is 124 Å². The van der Waals surface area contributed by atoms with E-state index in [9.17, 15) is 61.0 Å². The predicted octanol–water partition coefficient (Wildman–Crippen LogP) is 8.49. The van der Waals surface area contributed by atoms with Crippen molar-refractivity contribution in [3.63, 3.8) is 0 Å². The number of hydrogen-bond acceptors (Lipinski definition) is 18. The molecule has 12 N–H and O–H groups in total. The summed E-state index contributed by atoms with van der Waals surface area (Å²) >= 11 is 0. The maximum Gasteiger partial charge on any atom is 0.220 e. The molecule has 19 nitrogen and oxygen atoms in total. The monoisotopic (exact) mass is 1260 g/mol. The minimum absolute atomic E-state index is 0.197. The summed E-state index contributed by atoms with van der Waals surface area (Å²) in [5.41, 5.74) is 0. The molecule has 3 fully saturated rings. The van der Waals surface area contributed by atoms with E-state index in [1.54, 1.807) is 6.08 Å². The van der Waals surface area contributed by atoms with E-state index in [1.807, 2.05) is 6.08 Å². The largest absolute Gasteiger partial charge is 0.394 e. The van der Waals surface area contributed by atoms with Crippen LogP contribution in [0.4, 0.5) is 0 Å². The van der Waals surface area contributed by atoms with E-state index in [0.717, 1.165) is 89.9 Å². The molecule has 17 unspecified atom stereocenters. The molecule has 0 spiro atoms. The highest BCUT2D eigenvalue weighted by atomic mass is 16.8. The fraction of sp³-hybridized carbons (Fsp3) is 0.757. The van der Waals surface area contributed by atoms with E-state index in [2.05, 4.69) is 104 Å². The van der Waals surface area contributed by atoms with Gasteiger partial charge in [0.2, 0.25) is 5.91 Å². The van der Waals surface area contributed by atoms with E-state index in [-0.39, 0.29) is 18.9 Å². The highest BCUT2D eigenvalue weighted by Gasteiger charge is 2.53. The summed E-state index contributed by atoms with van der Waals surface area (Å²) in [6.45, 7) is 1.58. The Labute approximate surface area is 533 Å². The summed E-state index contributed by atoms with van der Waals surface area (Å²) in [6, 6.07) is -0.999. The SMILES string of the molecule is CC/C=C\C/C=C\C/C=C\C/C=C\C/C=C\C/C=C\C/C=C\CCCCCC(=O)NC(COC1OC(CO)C(OC2OC(CO)C(OC3OC(CO)C(O)C(O)C3O)C(O)C2O)C(O)C1O)C(O)/C=C/CCCCCCCCCCCCCCCCCCC. The Kier molecular flexibility index (Phi) is 46.0. The van der Waals surface area contributed by atoms with Crippen molar-refractivity contribution in [3.8, 4) is 0 Å². The fourth-order valence-corrected chi connectivity index (χ4v) is 10.9. The number of allylic oxidation sites excluding steroid dienone is 15. The first-order chi connectivity index (χ1) is 43.3. The van der Waals surface area contributed by atoms with Crippen molar-refractivity contribution in [3.05, 3.63) is 97.2 Å². The fourth-order valence-electron chi connectivity index (χ4n) is 10.9. The second kappa shape index (κ2) is 51.2. The van der Waals surface area contributed by atoms with Crippen LogP contribution in [0.15, 0.2) is 97.2 Å². The Morgan fingerprint density at radius 1 is 0.416 bits per heavy atom. The summed E-state index contributed by atoms with van der Waals surface area (Å²) in [5, 5.41) is 120. The molecular weight excluding hydrogens is 1140 g/mol. The number of carbonyl (C=O) groups is 1. The first-order valence-electron chi connectivity index (χ1n) is 34.0. The highest BCUT2D eigenvalue weighted by molar-refractivity contribution is 5.76. The Balaban J connectivity index is 1.47. The lowest BCUT2D eigenvalue weighted by Crippen LogP contribution is -2.66. The zero-order valence-electron chi connectivity index (χ0n) is 53.9. The second-order valence-electron chi connectivity index (χ2n) is 23.9. The maximum atomic E-state index is 13.4. The van der Waals surface area contributed by atoms with Crippen molar-refractivity contribution in [1.29, 1.82) is 0 Å². The molecule has 89 heavy (non-hydrogen) atoms. The summed E-state index contributed by atoms with van der Waals surface area (Å²) < 4.78 is 34.3. The number of nitrogens with one attached hydrogen (secondary N) is 1. The molecule has 0 aliphatic carbocycles. The number of carbonyl (C=O) groups excluding carboxylic acids is 1. The second-order valence-corrected chi connectivity index (χ2v) is 23.9. The molecule has 3 saturated heterocycles. The lowest BCUT2D eigenvalue weighted by atomic mass is 9.96. The first-order valence-corrected chi connectivity index (χ1v) is 34.0. The van der Waals surface area contributed by atoms with Crippen LogP contribution >= 0.6 is 0 Å². The van der Waals surface area contributed by atoms with Crippen LogP contribution in [-0.2, 0) is 33.2 Å². The zero-order valence-corrected chi connectivity index (χ0v) is 53.9. The van der Waals surface area contributed by atoms with Crippen LogP contribution in [0.2, 0.25) is 0 Å². The zero-order chi connectivity index (χ0) is 64.7. The van der Waals surface area contributed by atoms with Gasteiger partial charge in [-0.25, -0.2) is 0 Å². The number of hydrogen-bond donors (Lipinski definition) is 12. The van der Waals surface area contributed by atoms with Gasteiger partial charge in [-0.05, 0) is 77.0 Å². The molecule has 512 valence electrons. The van der Waals surface area contributed by atoms with Gasteiger partial charge in [0, 0.05) is 6.42 Å². The van der Waals surface area contributed by atoms with Crippen molar-refractivity contribution >= 4 is 5.91 Å². The molecule has 0 aromatic rings. The van der Waals surface area contributed by atoms with Crippen molar-refractivity contribution in [2.24, 2.45) is 0 Å². The third kappa shape index (κ3) is 33.4. The first kappa shape index (κ1) is 79.9. The maximum absolute atomic E-state index is 13.4. The van der Waals surface area contributed by atoms with Gasteiger partial charge in [0.15, 0.2) is 18.9 Å². The highest BCUT2D eigenvalue weighted by Crippen LogP contribution is 2.33. The molecule has 0 aromatic heterocycles. The van der Waals surface area contributed by atoms with Crippen molar-refractivity contribution < 1.29 is 89.4 Å². The number of unbranched alkanes of at least 4 members (excludes halogenated alkanes) is 20. The molecule has 17 atom stereocenters. The third-order valence-electron chi connectivity index (χ3n) is 16.4. The minimum Gasteiger partial charge on any atom is -0.394 e. The molecule has 19 heteroatoms. The molecule has 3 aliphatic rings. The topological polar surface area (TPSA) is 307 Å². The summed E-state index contributed by atoms with van der Waals surface area (Å²) in [6.07, 6.45) is 39.4. The van der Waals surface area contributed by atoms with Crippen LogP contribution in [0.5, 0.6) is 0 Å². The van der Waals surface area contributed by atoms with Gasteiger partial charge in [0.25, 0.3) is 0 Å². The summed E-state index contributed by atoms with van der Waals surface area (Å²) in [4.78, 5) is 13.4. The van der Waals surface area contributed by atoms with Gasteiger partial charge in [-0.3, -0.25) is 4.79 Å². The molecule has 3 aliphatic heterocycles. The molecular formula is C70H119NO18.